The van der Waals surface area contributed by atoms with Crippen molar-refractivity contribution < 1.29 is 19.0 Å². The molecule has 0 radical (unpaired) electrons. The van der Waals surface area contributed by atoms with Crippen LogP contribution in [0.5, 0.6) is 11.5 Å². The fourth-order valence-corrected chi connectivity index (χ4v) is 1.28. The predicted octanol–water partition coefficient (Wildman–Crippen LogP) is 1.85. The molecule has 0 aliphatic heterocycles. The van der Waals surface area contributed by atoms with Gasteiger partial charge in [-0.1, -0.05) is 0 Å². The van der Waals surface area contributed by atoms with Crippen LogP contribution < -0.4 is 20.5 Å². The summed E-state index contributed by atoms with van der Waals surface area (Å²) in [6, 6.07) is 3.14. The third-order valence-corrected chi connectivity index (χ3v) is 2.07. The topological polar surface area (TPSA) is 82.8 Å². The van der Waals surface area contributed by atoms with Gasteiger partial charge in [-0.25, -0.2) is 4.79 Å². The molecule has 1 amide bonds. The van der Waals surface area contributed by atoms with Crippen LogP contribution in [0.4, 0.5) is 16.2 Å². The van der Waals surface area contributed by atoms with E-state index in [1.807, 2.05) is 0 Å². The third kappa shape index (κ3) is 3.17. The van der Waals surface area contributed by atoms with Crippen LogP contribution in [0.15, 0.2) is 12.1 Å². The Kier molecular flexibility index (Phi) is 4.45. The summed E-state index contributed by atoms with van der Waals surface area (Å²) in [4.78, 5) is 11.3. The Balaban J connectivity index is 2.96. The molecule has 94 valence electrons. The molecule has 0 bridgehead atoms. The van der Waals surface area contributed by atoms with Crippen molar-refractivity contribution in [3.05, 3.63) is 12.1 Å². The Morgan fingerprint density at radius 1 is 1.29 bits per heavy atom. The van der Waals surface area contributed by atoms with Crippen molar-refractivity contribution in [3.63, 3.8) is 0 Å². The molecule has 0 fully saturated rings. The van der Waals surface area contributed by atoms with Crippen molar-refractivity contribution in [2.75, 3.05) is 31.9 Å². The van der Waals surface area contributed by atoms with Gasteiger partial charge in [-0.2, -0.15) is 0 Å². The molecule has 0 unspecified atom stereocenters. The van der Waals surface area contributed by atoms with E-state index in [1.54, 1.807) is 19.1 Å². The quantitative estimate of drug-likeness (QED) is 0.785. The maximum atomic E-state index is 11.3. The van der Waals surface area contributed by atoms with Gasteiger partial charge in [-0.3, -0.25) is 5.32 Å². The van der Waals surface area contributed by atoms with Gasteiger partial charge >= 0.3 is 6.09 Å². The summed E-state index contributed by atoms with van der Waals surface area (Å²) in [6.45, 7) is 2.01. The number of rotatable bonds is 4. The summed E-state index contributed by atoms with van der Waals surface area (Å²) in [5.41, 5.74) is 6.55. The van der Waals surface area contributed by atoms with Crippen molar-refractivity contribution in [2.45, 2.75) is 6.92 Å². The summed E-state index contributed by atoms with van der Waals surface area (Å²) in [6.07, 6.45) is -0.564. The molecule has 0 saturated heterocycles. The van der Waals surface area contributed by atoms with E-state index in [2.05, 4.69) is 5.32 Å². The molecule has 17 heavy (non-hydrogen) atoms. The molecular formula is C11H16N2O4. The van der Waals surface area contributed by atoms with Gasteiger partial charge in [0.15, 0.2) is 11.5 Å². The molecule has 1 aromatic rings. The fraction of sp³-hybridized carbons (Fsp3) is 0.364. The lowest BCUT2D eigenvalue weighted by Gasteiger charge is -2.13. The number of carbonyl (C=O) groups is 1. The number of methoxy groups -OCH3 is 2. The zero-order valence-electron chi connectivity index (χ0n) is 10.1. The van der Waals surface area contributed by atoms with Gasteiger partial charge in [0.1, 0.15) is 0 Å². The minimum Gasteiger partial charge on any atom is -0.493 e. The zero-order chi connectivity index (χ0) is 12.8. The van der Waals surface area contributed by atoms with Gasteiger partial charge in [-0.05, 0) is 6.92 Å². The monoisotopic (exact) mass is 240 g/mol. The van der Waals surface area contributed by atoms with Crippen molar-refractivity contribution in [2.24, 2.45) is 0 Å². The maximum absolute atomic E-state index is 11.3. The summed E-state index contributed by atoms with van der Waals surface area (Å²) >= 11 is 0. The lowest BCUT2D eigenvalue weighted by Crippen LogP contribution is -2.14. The first-order valence-corrected chi connectivity index (χ1v) is 5.07. The SMILES string of the molecule is CCOC(=O)Nc1cc(OC)c(OC)cc1N. The summed E-state index contributed by atoms with van der Waals surface area (Å²) in [7, 11) is 3.01. The number of amides is 1. The van der Waals surface area contributed by atoms with Crippen LogP contribution in [0.2, 0.25) is 0 Å². The van der Waals surface area contributed by atoms with Crippen LogP contribution in [-0.2, 0) is 4.74 Å². The van der Waals surface area contributed by atoms with Crippen LogP contribution in [0.25, 0.3) is 0 Å². The highest BCUT2D eigenvalue weighted by atomic mass is 16.5. The second-order valence-electron chi connectivity index (χ2n) is 3.14. The molecule has 6 heteroatoms. The first-order chi connectivity index (χ1) is 8.12. The number of nitrogens with one attached hydrogen (secondary N) is 1. The maximum Gasteiger partial charge on any atom is 0.411 e. The number of carbonyl (C=O) groups excluding carboxylic acids is 1. The minimum atomic E-state index is -0.564. The Morgan fingerprint density at radius 2 is 1.88 bits per heavy atom. The van der Waals surface area contributed by atoms with Gasteiger partial charge < -0.3 is 19.9 Å². The van der Waals surface area contributed by atoms with E-state index in [4.69, 9.17) is 19.9 Å². The van der Waals surface area contributed by atoms with Crippen LogP contribution in [-0.4, -0.2) is 26.9 Å². The van der Waals surface area contributed by atoms with Crippen LogP contribution in [0.1, 0.15) is 6.92 Å². The van der Waals surface area contributed by atoms with Crippen molar-refractivity contribution in [3.8, 4) is 11.5 Å². The number of hydrogen-bond acceptors (Lipinski definition) is 5. The van der Waals surface area contributed by atoms with Crippen LogP contribution in [0, 0.1) is 0 Å². The first-order valence-electron chi connectivity index (χ1n) is 5.07. The molecule has 0 aromatic heterocycles. The number of hydrogen-bond donors (Lipinski definition) is 2. The molecule has 0 atom stereocenters. The van der Waals surface area contributed by atoms with Gasteiger partial charge in [0.05, 0.1) is 32.2 Å². The van der Waals surface area contributed by atoms with E-state index in [1.165, 1.54) is 14.2 Å². The standard InChI is InChI=1S/C11H16N2O4/c1-4-17-11(14)13-8-6-10(16-3)9(15-2)5-7(8)12/h5-6H,4,12H2,1-3H3,(H,13,14). The zero-order valence-corrected chi connectivity index (χ0v) is 10.1. The number of benzene rings is 1. The number of nitrogens with two attached hydrogens (primary N) is 1. The highest BCUT2D eigenvalue weighted by Crippen LogP contribution is 2.34. The highest BCUT2D eigenvalue weighted by Gasteiger charge is 2.11. The lowest BCUT2D eigenvalue weighted by atomic mass is 10.2. The smallest absolute Gasteiger partial charge is 0.411 e. The van der Waals surface area contributed by atoms with Gasteiger partial charge in [0.25, 0.3) is 0 Å². The van der Waals surface area contributed by atoms with E-state index in [9.17, 15) is 4.79 Å². The normalized spacial score (nSPS) is 9.59. The average Bonchev–Trinajstić information content (AvgIpc) is 2.31. The second-order valence-corrected chi connectivity index (χ2v) is 3.14. The van der Waals surface area contributed by atoms with E-state index in [0.29, 0.717) is 29.5 Å². The molecule has 1 rings (SSSR count). The van der Waals surface area contributed by atoms with Crippen LogP contribution >= 0.6 is 0 Å². The summed E-state index contributed by atoms with van der Waals surface area (Å²) in [5, 5.41) is 2.52. The summed E-state index contributed by atoms with van der Waals surface area (Å²) < 4.78 is 14.9. The Hall–Kier alpha value is -2.11. The van der Waals surface area contributed by atoms with Gasteiger partial charge in [0, 0.05) is 12.1 Å². The molecule has 1 aromatic carbocycles. The first kappa shape index (κ1) is 13.0. The summed E-state index contributed by atoms with van der Waals surface area (Å²) in [5.74, 6) is 0.980. The van der Waals surface area contributed by atoms with Gasteiger partial charge in [0.2, 0.25) is 0 Å². The molecule has 0 aliphatic carbocycles. The number of ether oxygens (including phenoxy) is 3. The molecule has 0 spiro atoms. The Morgan fingerprint density at radius 3 is 2.41 bits per heavy atom. The number of anilines is 2. The van der Waals surface area contributed by atoms with Crippen molar-refractivity contribution >= 4 is 17.5 Å². The highest BCUT2D eigenvalue weighted by molar-refractivity contribution is 5.90. The number of nitrogen functional groups attached to an aromatic ring is 1. The van der Waals surface area contributed by atoms with E-state index < -0.39 is 6.09 Å². The largest absolute Gasteiger partial charge is 0.493 e. The fourth-order valence-electron chi connectivity index (χ4n) is 1.28. The Labute approximate surface area is 99.6 Å². The molecule has 3 N–H and O–H groups in total. The molecular weight excluding hydrogens is 224 g/mol. The molecule has 0 aliphatic rings. The van der Waals surface area contributed by atoms with Crippen molar-refractivity contribution in [1.82, 2.24) is 0 Å². The van der Waals surface area contributed by atoms with Crippen LogP contribution in [0.3, 0.4) is 0 Å². The second kappa shape index (κ2) is 5.83. The predicted molar refractivity (Wildman–Crippen MR) is 64.6 cm³/mol. The van der Waals surface area contributed by atoms with Crippen molar-refractivity contribution in [1.29, 1.82) is 0 Å². The average molecular weight is 240 g/mol. The van der Waals surface area contributed by atoms with Gasteiger partial charge in [-0.15, -0.1) is 0 Å². The lowest BCUT2D eigenvalue weighted by molar-refractivity contribution is 0.168. The molecule has 0 saturated carbocycles. The van der Waals surface area contributed by atoms with E-state index in [-0.39, 0.29) is 0 Å². The third-order valence-electron chi connectivity index (χ3n) is 2.07. The minimum absolute atomic E-state index is 0.291. The Bertz CT molecular complexity index is 407. The molecule has 0 heterocycles. The van der Waals surface area contributed by atoms with E-state index >= 15 is 0 Å². The van der Waals surface area contributed by atoms with E-state index in [0.717, 1.165) is 0 Å². The molecule has 6 nitrogen and oxygen atoms in total.